The lowest BCUT2D eigenvalue weighted by Crippen LogP contribution is -2.62. The molecule has 1 unspecified atom stereocenters. The molecule has 0 spiro atoms. The van der Waals surface area contributed by atoms with Crippen molar-refractivity contribution in [2.45, 2.75) is 43.2 Å². The number of esters is 1. The van der Waals surface area contributed by atoms with Crippen molar-refractivity contribution in [3.8, 4) is 0 Å². The molecule has 0 aliphatic carbocycles. The second-order valence-electron chi connectivity index (χ2n) is 5.45. The van der Waals surface area contributed by atoms with Gasteiger partial charge in [-0.3, -0.25) is 9.35 Å². The van der Waals surface area contributed by atoms with Crippen molar-refractivity contribution in [2.75, 3.05) is 13.2 Å². The number of nitrogens with one attached hydrogen (secondary N) is 1. The molecule has 0 aliphatic heterocycles. The number of carbonyl (C=O) groups is 2. The Morgan fingerprint density at radius 2 is 1.57 bits per heavy atom. The largest absolute Gasteiger partial charge is 0.466 e. The third-order valence-electron chi connectivity index (χ3n) is 3.11. The topological polar surface area (TPSA) is 119 Å². The summed E-state index contributed by atoms with van der Waals surface area (Å²) in [6.07, 6.45) is -13.9. The van der Waals surface area contributed by atoms with Crippen molar-refractivity contribution in [3.05, 3.63) is 12.2 Å². The molecule has 0 aromatic rings. The lowest BCUT2D eigenvalue weighted by Gasteiger charge is -2.33. The Bertz CT molecular complexity index is 762. The molecule has 0 aliphatic rings. The van der Waals surface area contributed by atoms with Gasteiger partial charge in [-0.2, -0.15) is 43.5 Å². The van der Waals surface area contributed by atoms with Crippen LogP contribution in [0.15, 0.2) is 12.2 Å². The molecule has 17 heteroatoms. The van der Waals surface area contributed by atoms with Gasteiger partial charge >= 0.3 is 45.4 Å². The summed E-state index contributed by atoms with van der Waals surface area (Å²) in [4.78, 5) is 23.4. The summed E-state index contributed by atoms with van der Waals surface area (Å²) in [5.74, 6) is -10.0. The summed E-state index contributed by atoms with van der Waals surface area (Å²) in [5.41, 5.74) is -2.48. The van der Waals surface area contributed by atoms with Crippen LogP contribution in [0.1, 0.15) is 19.8 Å². The molecule has 0 heterocycles. The quantitative estimate of drug-likeness (QED) is 0.162. The smallest absolute Gasteiger partial charge is 0.412 e. The summed E-state index contributed by atoms with van der Waals surface area (Å²) in [7, 11) is -6.11. The van der Waals surface area contributed by atoms with Crippen LogP contribution in [0.25, 0.3) is 0 Å². The van der Waals surface area contributed by atoms with Gasteiger partial charge < -0.3 is 14.8 Å². The van der Waals surface area contributed by atoms with E-state index in [2.05, 4.69) is 16.1 Å². The van der Waals surface area contributed by atoms with Crippen molar-refractivity contribution < 1.29 is 67.2 Å². The third kappa shape index (κ3) is 6.76. The minimum Gasteiger partial charge on any atom is -0.412 e. The zero-order valence-corrected chi connectivity index (χ0v) is 15.7. The predicted molar refractivity (Wildman–Crippen MR) is 80.4 cm³/mol. The number of amides is 1. The minimum absolute atomic E-state index is 0.0102. The molecule has 0 rings (SSSR count). The molecule has 8 nitrogen and oxygen atoms in total. The van der Waals surface area contributed by atoms with Gasteiger partial charge in [0.1, 0.15) is 5.57 Å². The molecule has 0 saturated carbocycles. The number of hydrogen-bond donors (Lipinski definition) is 2. The van der Waals surface area contributed by atoms with Crippen LogP contribution in [0, 0.1) is 0 Å². The molecule has 0 aromatic carbocycles. The van der Waals surface area contributed by atoms with Crippen molar-refractivity contribution in [1.82, 2.24) is 5.32 Å². The number of hydrogen-bond acceptors (Lipinski definition) is 6. The van der Waals surface area contributed by atoms with E-state index in [1.807, 2.05) is 0 Å². The van der Waals surface area contributed by atoms with Crippen LogP contribution < -0.4 is 5.32 Å². The van der Waals surface area contributed by atoms with Gasteiger partial charge in [0, 0.05) is 6.54 Å². The van der Waals surface area contributed by atoms with Gasteiger partial charge in [-0.05, 0) is 6.42 Å². The molecule has 0 fully saturated rings. The fraction of sp³-hybridized carbons (Fsp3) is 0.692. The number of ether oxygens (including phenoxy) is 2. The van der Waals surface area contributed by atoms with Crippen LogP contribution >= 0.6 is 0 Å². The maximum Gasteiger partial charge on any atom is 0.466 e. The molecule has 176 valence electrons. The second-order valence-corrected chi connectivity index (χ2v) is 6.99. The van der Waals surface area contributed by atoms with Crippen LogP contribution in [0.3, 0.4) is 0 Å². The molecule has 30 heavy (non-hydrogen) atoms. The highest BCUT2D eigenvalue weighted by Gasteiger charge is 2.67. The summed E-state index contributed by atoms with van der Waals surface area (Å²) in [6, 6.07) is 0. The van der Waals surface area contributed by atoms with Crippen LogP contribution in [-0.4, -0.2) is 61.4 Å². The Balaban J connectivity index is 6.06. The first-order valence-corrected chi connectivity index (χ1v) is 9.00. The van der Waals surface area contributed by atoms with Crippen LogP contribution in [0.2, 0.25) is 0 Å². The highest BCUT2D eigenvalue weighted by molar-refractivity contribution is 7.86. The second kappa shape index (κ2) is 9.42. The molecular formula is C13H15F8NO7S. The average Bonchev–Trinajstić information content (AvgIpc) is 2.54. The Kier molecular flexibility index (Phi) is 8.79. The third-order valence-corrected chi connectivity index (χ3v) is 4.07. The van der Waals surface area contributed by atoms with E-state index >= 15 is 0 Å². The number of halogens is 8. The maximum absolute atomic E-state index is 13.5. The Morgan fingerprint density at radius 1 is 1.07 bits per heavy atom. The molecule has 0 bridgehead atoms. The first-order chi connectivity index (χ1) is 13.2. The summed E-state index contributed by atoms with van der Waals surface area (Å²) < 4.78 is 141. The van der Waals surface area contributed by atoms with Gasteiger partial charge in [-0.1, -0.05) is 13.5 Å². The van der Waals surface area contributed by atoms with Gasteiger partial charge in [0.25, 0.3) is 0 Å². The van der Waals surface area contributed by atoms with Gasteiger partial charge in [0.05, 0.1) is 13.0 Å². The van der Waals surface area contributed by atoms with Gasteiger partial charge in [-0.25, -0.2) is 4.79 Å². The van der Waals surface area contributed by atoms with E-state index in [9.17, 15) is 53.1 Å². The lowest BCUT2D eigenvalue weighted by molar-refractivity contribution is -0.348. The van der Waals surface area contributed by atoms with E-state index in [1.54, 1.807) is 0 Å². The van der Waals surface area contributed by atoms with Crippen LogP contribution in [-0.2, 0) is 29.2 Å². The fourth-order valence-corrected chi connectivity index (χ4v) is 1.86. The molecule has 0 saturated heterocycles. The predicted octanol–water partition coefficient (Wildman–Crippen LogP) is 2.32. The lowest BCUT2D eigenvalue weighted by atomic mass is 10.2. The Hall–Kier alpha value is -2.01. The van der Waals surface area contributed by atoms with Crippen molar-refractivity contribution in [1.29, 1.82) is 0 Å². The molecule has 1 amide bonds. The van der Waals surface area contributed by atoms with Crippen molar-refractivity contribution in [2.24, 2.45) is 0 Å². The SMILES string of the molecule is C=C(C(=O)OC(OCCC(F)(F)S(=O)(=O)O)(C(=O)NCCC)C(F)(F)F)C(F)(F)F. The maximum atomic E-state index is 13.5. The van der Waals surface area contributed by atoms with E-state index in [-0.39, 0.29) is 6.42 Å². The minimum atomic E-state index is -6.11. The molecular weight excluding hydrogens is 466 g/mol. The van der Waals surface area contributed by atoms with Gasteiger partial charge in [0.15, 0.2) is 0 Å². The highest BCUT2D eigenvalue weighted by atomic mass is 32.2. The standard InChI is InChI=1S/C13H15F8NO7S/c1-3-5-22-9(24)11(13(19,20)21,29-8(23)7(2)12(16,17)18)28-6-4-10(14,15)30(25,26)27/h2-6H2,1H3,(H,22,24)(H,25,26,27). The van der Waals surface area contributed by atoms with Crippen molar-refractivity contribution >= 4 is 22.0 Å². The Labute approximate surface area is 163 Å². The van der Waals surface area contributed by atoms with E-state index < -0.39 is 70.5 Å². The van der Waals surface area contributed by atoms with E-state index in [0.29, 0.717) is 0 Å². The fourth-order valence-electron chi connectivity index (χ4n) is 1.52. The first-order valence-electron chi connectivity index (χ1n) is 7.56. The van der Waals surface area contributed by atoms with Crippen LogP contribution in [0.4, 0.5) is 35.1 Å². The zero-order valence-electron chi connectivity index (χ0n) is 14.9. The van der Waals surface area contributed by atoms with Crippen molar-refractivity contribution in [3.63, 3.8) is 0 Å². The monoisotopic (exact) mass is 481 g/mol. The number of alkyl halides is 8. The number of carbonyl (C=O) groups excluding carboxylic acids is 2. The summed E-state index contributed by atoms with van der Waals surface area (Å²) in [6.45, 7) is 0.996. The van der Waals surface area contributed by atoms with Gasteiger partial charge in [-0.15, -0.1) is 0 Å². The normalized spacial score (nSPS) is 15.3. The summed E-state index contributed by atoms with van der Waals surface area (Å²) >= 11 is 0. The van der Waals surface area contributed by atoms with Crippen LogP contribution in [0.5, 0.6) is 0 Å². The highest BCUT2D eigenvalue weighted by Crippen LogP contribution is 2.38. The first kappa shape index (κ1) is 28.0. The zero-order chi connectivity index (χ0) is 24.2. The van der Waals surface area contributed by atoms with E-state index in [1.165, 1.54) is 12.2 Å². The van der Waals surface area contributed by atoms with Gasteiger partial charge in [0.2, 0.25) is 0 Å². The molecule has 0 radical (unpaired) electrons. The molecule has 2 N–H and O–H groups in total. The van der Waals surface area contributed by atoms with E-state index in [4.69, 9.17) is 4.55 Å². The number of rotatable bonds is 10. The molecule has 0 aromatic heterocycles. The average molecular weight is 481 g/mol. The molecule has 1 atom stereocenters. The summed E-state index contributed by atoms with van der Waals surface area (Å²) in [5, 5.41) is -3.54. The van der Waals surface area contributed by atoms with E-state index in [0.717, 1.165) is 0 Å². The Morgan fingerprint density at radius 3 is 1.93 bits per heavy atom.